The van der Waals surface area contributed by atoms with Crippen LogP contribution in [-0.4, -0.2) is 53.0 Å². The topological polar surface area (TPSA) is 84.7 Å². The van der Waals surface area contributed by atoms with E-state index < -0.39 is 29.6 Å². The molecule has 1 saturated heterocycles. The molecule has 2 aromatic carbocycles. The van der Waals surface area contributed by atoms with Crippen molar-refractivity contribution in [2.75, 3.05) is 13.7 Å². The number of ether oxygens (including phenoxy) is 2. The van der Waals surface area contributed by atoms with Crippen LogP contribution in [0.5, 0.6) is 5.75 Å². The summed E-state index contributed by atoms with van der Waals surface area (Å²) in [5, 5.41) is 8.65. The Hall–Kier alpha value is -3.69. The van der Waals surface area contributed by atoms with Crippen molar-refractivity contribution >= 4 is 18.7 Å². The number of aromatic nitrogens is 3. The summed E-state index contributed by atoms with van der Waals surface area (Å²) < 4.78 is 23.9. The van der Waals surface area contributed by atoms with E-state index in [9.17, 15) is 4.79 Å². The van der Waals surface area contributed by atoms with Crippen LogP contribution in [0.3, 0.4) is 0 Å². The second kappa shape index (κ2) is 10.7. The number of hydrogen-bond donors (Lipinski definition) is 0. The van der Waals surface area contributed by atoms with Crippen LogP contribution in [0.25, 0.3) is 5.57 Å². The Bertz CT molecular complexity index is 1410. The van der Waals surface area contributed by atoms with Gasteiger partial charge in [-0.1, -0.05) is 60.7 Å². The SMILES string of the molecule is CCOC(=O)c1nn(Cc2ccc(OC)cc2)nc1C1(B2OC(C)(C)C(C)(C)O2)C=CC(c2ccccc2)=CC1. The summed E-state index contributed by atoms with van der Waals surface area (Å²) >= 11 is 0. The molecule has 5 rings (SSSR count). The lowest BCUT2D eigenvalue weighted by atomic mass is 9.52. The van der Waals surface area contributed by atoms with E-state index in [1.807, 2.05) is 70.2 Å². The first kappa shape index (κ1) is 27.9. The molecule has 1 aromatic heterocycles. The smallest absolute Gasteiger partial charge is 0.475 e. The summed E-state index contributed by atoms with van der Waals surface area (Å²) in [6.45, 7) is 10.4. The van der Waals surface area contributed by atoms with Crippen LogP contribution in [0.1, 0.15) is 68.3 Å². The van der Waals surface area contributed by atoms with Crippen molar-refractivity contribution in [2.45, 2.75) is 64.1 Å². The molecule has 1 aliphatic carbocycles. The molecule has 208 valence electrons. The maximum atomic E-state index is 13.3. The van der Waals surface area contributed by atoms with Crippen molar-refractivity contribution < 1.29 is 23.6 Å². The standard InChI is InChI=1S/C31H36BN3O5/c1-7-38-28(36)26-27(34-35(33-26)21-22-13-15-25(37-6)16-14-22)31(32-39-29(2,3)30(4,5)40-32)19-17-24(18-20-31)23-11-9-8-10-12-23/h8-19H,7,20-21H2,1-6H3. The zero-order valence-corrected chi connectivity index (χ0v) is 24.0. The lowest BCUT2D eigenvalue weighted by molar-refractivity contribution is 0.00578. The predicted molar refractivity (Wildman–Crippen MR) is 154 cm³/mol. The van der Waals surface area contributed by atoms with Gasteiger partial charge in [0.25, 0.3) is 0 Å². The van der Waals surface area contributed by atoms with E-state index in [4.69, 9.17) is 23.9 Å². The minimum Gasteiger partial charge on any atom is -0.497 e. The molecule has 0 N–H and O–H groups in total. The molecule has 1 unspecified atom stereocenters. The molecule has 8 nitrogen and oxygen atoms in total. The van der Waals surface area contributed by atoms with E-state index in [0.717, 1.165) is 22.4 Å². The number of esters is 1. The number of rotatable bonds is 8. The summed E-state index contributed by atoms with van der Waals surface area (Å²) in [4.78, 5) is 14.8. The van der Waals surface area contributed by atoms with Crippen molar-refractivity contribution in [1.82, 2.24) is 15.0 Å². The Labute approximate surface area is 236 Å². The van der Waals surface area contributed by atoms with E-state index in [1.54, 1.807) is 18.8 Å². The molecule has 0 saturated carbocycles. The Morgan fingerprint density at radius 1 is 1.00 bits per heavy atom. The molecule has 0 bridgehead atoms. The number of allylic oxidation sites excluding steroid dienone is 4. The van der Waals surface area contributed by atoms with Crippen LogP contribution >= 0.6 is 0 Å². The molecule has 0 radical (unpaired) electrons. The molecule has 1 atom stereocenters. The van der Waals surface area contributed by atoms with E-state index in [1.165, 1.54) is 0 Å². The van der Waals surface area contributed by atoms with Crippen LogP contribution in [0.15, 0.2) is 72.8 Å². The first-order chi connectivity index (χ1) is 19.1. The third-order valence-corrected chi connectivity index (χ3v) is 8.05. The van der Waals surface area contributed by atoms with Gasteiger partial charge in [0.1, 0.15) is 11.4 Å². The predicted octanol–water partition coefficient (Wildman–Crippen LogP) is 5.42. The molecule has 1 aliphatic heterocycles. The Morgan fingerprint density at radius 2 is 1.68 bits per heavy atom. The third kappa shape index (κ3) is 5.11. The average Bonchev–Trinajstić information content (AvgIpc) is 3.47. The highest BCUT2D eigenvalue weighted by Gasteiger charge is 2.61. The van der Waals surface area contributed by atoms with E-state index in [2.05, 4.69) is 35.5 Å². The molecule has 0 amide bonds. The molecule has 2 aliphatic rings. The molecule has 2 heterocycles. The number of carbonyl (C=O) groups is 1. The minimum atomic E-state index is -0.913. The van der Waals surface area contributed by atoms with Gasteiger partial charge in [0.2, 0.25) is 0 Å². The van der Waals surface area contributed by atoms with Gasteiger partial charge in [-0.25, -0.2) is 4.79 Å². The number of hydrogen-bond acceptors (Lipinski definition) is 7. The second-order valence-electron chi connectivity index (χ2n) is 11.2. The van der Waals surface area contributed by atoms with Crippen LogP contribution in [0.2, 0.25) is 0 Å². The number of carbonyl (C=O) groups excluding carboxylic acids is 1. The van der Waals surface area contributed by atoms with Crippen LogP contribution in [0.4, 0.5) is 0 Å². The molecule has 3 aromatic rings. The molecule has 0 spiro atoms. The summed E-state index contributed by atoms with van der Waals surface area (Å²) in [5.74, 6) is 0.235. The van der Waals surface area contributed by atoms with Gasteiger partial charge in [0.05, 0.1) is 36.8 Å². The number of methoxy groups -OCH3 is 1. The van der Waals surface area contributed by atoms with Crippen molar-refractivity contribution in [3.63, 3.8) is 0 Å². The summed E-state index contributed by atoms with van der Waals surface area (Å²) in [5.41, 5.74) is 2.62. The van der Waals surface area contributed by atoms with Gasteiger partial charge in [-0.3, -0.25) is 0 Å². The van der Waals surface area contributed by atoms with Gasteiger partial charge in [-0.05, 0) is 69.9 Å². The molecule has 40 heavy (non-hydrogen) atoms. The fourth-order valence-electron chi connectivity index (χ4n) is 4.98. The zero-order valence-electron chi connectivity index (χ0n) is 24.0. The molecular formula is C31H36BN3O5. The monoisotopic (exact) mass is 541 g/mol. The Morgan fingerprint density at radius 3 is 2.25 bits per heavy atom. The highest BCUT2D eigenvalue weighted by Crippen LogP contribution is 2.47. The van der Waals surface area contributed by atoms with Crippen molar-refractivity contribution in [1.29, 1.82) is 0 Å². The van der Waals surface area contributed by atoms with Gasteiger partial charge < -0.3 is 18.8 Å². The highest BCUT2D eigenvalue weighted by molar-refractivity contribution is 6.51. The van der Waals surface area contributed by atoms with Crippen LogP contribution in [0, 0.1) is 0 Å². The maximum absolute atomic E-state index is 13.3. The Balaban J connectivity index is 1.60. The van der Waals surface area contributed by atoms with Gasteiger partial charge in [0.15, 0.2) is 5.69 Å². The Kier molecular flexibility index (Phi) is 7.46. The van der Waals surface area contributed by atoms with Crippen LogP contribution in [-0.2, 0) is 25.9 Å². The fourth-order valence-corrected chi connectivity index (χ4v) is 4.98. The van der Waals surface area contributed by atoms with E-state index in [-0.39, 0.29) is 12.3 Å². The number of benzene rings is 2. The quantitative estimate of drug-likeness (QED) is 0.278. The second-order valence-corrected chi connectivity index (χ2v) is 11.2. The lowest BCUT2D eigenvalue weighted by Crippen LogP contribution is -2.46. The van der Waals surface area contributed by atoms with Crippen molar-refractivity contribution in [2.24, 2.45) is 0 Å². The van der Waals surface area contributed by atoms with E-state index in [0.29, 0.717) is 18.7 Å². The molecular weight excluding hydrogens is 505 g/mol. The maximum Gasteiger partial charge on any atom is 0.475 e. The fraction of sp³-hybridized carbons (Fsp3) is 0.387. The van der Waals surface area contributed by atoms with Crippen LogP contribution < -0.4 is 4.74 Å². The van der Waals surface area contributed by atoms with Gasteiger partial charge in [-0.2, -0.15) is 9.90 Å². The minimum absolute atomic E-state index is 0.159. The summed E-state index contributed by atoms with van der Waals surface area (Å²) in [6, 6.07) is 17.9. The molecule has 1 fully saturated rings. The number of nitrogens with zero attached hydrogens (tertiary/aromatic N) is 3. The van der Waals surface area contributed by atoms with Crippen molar-refractivity contribution in [3.8, 4) is 5.75 Å². The third-order valence-electron chi connectivity index (χ3n) is 8.05. The van der Waals surface area contributed by atoms with Gasteiger partial charge >= 0.3 is 13.1 Å². The zero-order chi connectivity index (χ0) is 28.5. The van der Waals surface area contributed by atoms with Gasteiger partial charge in [0, 0.05) is 0 Å². The largest absolute Gasteiger partial charge is 0.497 e. The first-order valence-corrected chi connectivity index (χ1v) is 13.6. The lowest BCUT2D eigenvalue weighted by Gasteiger charge is -2.33. The first-order valence-electron chi connectivity index (χ1n) is 13.6. The summed E-state index contributed by atoms with van der Waals surface area (Å²) in [6.07, 6.45) is 6.76. The van der Waals surface area contributed by atoms with E-state index >= 15 is 0 Å². The normalized spacial score (nSPS) is 21.2. The highest BCUT2D eigenvalue weighted by atomic mass is 16.7. The molecule has 9 heteroatoms. The average molecular weight is 541 g/mol. The van der Waals surface area contributed by atoms with Gasteiger partial charge in [-0.15, -0.1) is 5.10 Å². The van der Waals surface area contributed by atoms with Crippen molar-refractivity contribution in [3.05, 3.63) is 95.3 Å². The summed E-state index contributed by atoms with van der Waals surface area (Å²) in [7, 11) is 0.925.